The average molecular weight is 321 g/mol. The van der Waals surface area contributed by atoms with E-state index in [2.05, 4.69) is 15.4 Å². The monoisotopic (exact) mass is 321 g/mol. The van der Waals surface area contributed by atoms with Crippen LogP contribution >= 0.6 is 0 Å². The van der Waals surface area contributed by atoms with E-state index in [1.165, 1.54) is 13.2 Å². The summed E-state index contributed by atoms with van der Waals surface area (Å²) in [6, 6.07) is 4.29. The van der Waals surface area contributed by atoms with E-state index in [1.54, 1.807) is 32.9 Å². The molecule has 0 aromatic heterocycles. The number of nitro groups is 1. The normalized spacial score (nSPS) is 11.1. The highest BCUT2D eigenvalue weighted by atomic mass is 16.6. The second kappa shape index (κ2) is 7.92. The number of hydrogen-bond donors (Lipinski definition) is 2. The lowest BCUT2D eigenvalue weighted by atomic mass is 10.2. The molecule has 0 aliphatic carbocycles. The third-order valence-corrected chi connectivity index (χ3v) is 2.81. The molecule has 8 nitrogen and oxygen atoms in total. The predicted octanol–water partition coefficient (Wildman–Crippen LogP) is 1.90. The molecule has 1 amide bonds. The Balaban J connectivity index is 3.13. The van der Waals surface area contributed by atoms with E-state index in [4.69, 9.17) is 0 Å². The molecule has 0 bridgehead atoms. The minimum Gasteiger partial charge on any atom is -0.466 e. The second-order valence-electron chi connectivity index (χ2n) is 5.09. The summed E-state index contributed by atoms with van der Waals surface area (Å²) >= 11 is 0. The van der Waals surface area contributed by atoms with Crippen molar-refractivity contribution in [1.82, 2.24) is 5.32 Å². The van der Waals surface area contributed by atoms with Crippen molar-refractivity contribution < 1.29 is 19.2 Å². The molecular formula is C15H19N3O5. The summed E-state index contributed by atoms with van der Waals surface area (Å²) in [6.07, 6.45) is 0.989. The van der Waals surface area contributed by atoms with Gasteiger partial charge in [0.25, 0.3) is 11.6 Å². The fourth-order valence-corrected chi connectivity index (χ4v) is 1.71. The molecule has 8 heteroatoms. The summed E-state index contributed by atoms with van der Waals surface area (Å²) in [4.78, 5) is 34.0. The van der Waals surface area contributed by atoms with Gasteiger partial charge in [-0.2, -0.15) is 0 Å². The van der Waals surface area contributed by atoms with E-state index < -0.39 is 16.8 Å². The van der Waals surface area contributed by atoms with Gasteiger partial charge in [-0.15, -0.1) is 0 Å². The smallest absolute Gasteiger partial charge is 0.332 e. The van der Waals surface area contributed by atoms with Gasteiger partial charge in [0.05, 0.1) is 18.1 Å². The number of rotatable bonds is 6. The van der Waals surface area contributed by atoms with Crippen LogP contribution in [0.25, 0.3) is 0 Å². The zero-order valence-electron chi connectivity index (χ0n) is 13.4. The largest absolute Gasteiger partial charge is 0.466 e. The Bertz CT molecular complexity index is 653. The molecule has 1 rings (SSSR count). The van der Waals surface area contributed by atoms with Crippen molar-refractivity contribution in [3.05, 3.63) is 45.6 Å². The Kier molecular flexibility index (Phi) is 6.25. The lowest BCUT2D eigenvalue weighted by Gasteiger charge is -2.13. The third-order valence-electron chi connectivity index (χ3n) is 2.81. The first-order chi connectivity index (χ1) is 10.7. The van der Waals surface area contributed by atoms with Crippen LogP contribution in [0.3, 0.4) is 0 Å². The number of carbonyl (C=O) groups is 2. The maximum Gasteiger partial charge on any atom is 0.332 e. The number of aryl methyl sites for hydroxylation is 1. The molecule has 0 heterocycles. The molecule has 1 aromatic rings. The number of nitrogens with zero attached hydrogens (tertiary/aromatic N) is 1. The van der Waals surface area contributed by atoms with E-state index in [0.717, 1.165) is 6.08 Å². The highest BCUT2D eigenvalue weighted by Crippen LogP contribution is 2.23. The molecular weight excluding hydrogens is 302 g/mol. The van der Waals surface area contributed by atoms with Gasteiger partial charge in [0.1, 0.15) is 5.70 Å². The molecule has 23 heavy (non-hydrogen) atoms. The van der Waals surface area contributed by atoms with Crippen LogP contribution in [0.1, 0.15) is 19.4 Å². The molecule has 0 saturated carbocycles. The summed E-state index contributed by atoms with van der Waals surface area (Å²) in [7, 11) is 1.19. The van der Waals surface area contributed by atoms with E-state index >= 15 is 0 Å². The van der Waals surface area contributed by atoms with Crippen molar-refractivity contribution in [3.63, 3.8) is 0 Å². The van der Waals surface area contributed by atoms with Crippen molar-refractivity contribution in [1.29, 1.82) is 0 Å². The molecule has 2 N–H and O–H groups in total. The fraction of sp³-hybridized carbons (Fsp3) is 0.333. The molecule has 124 valence electrons. The lowest BCUT2D eigenvalue weighted by molar-refractivity contribution is -0.385. The molecule has 0 saturated heterocycles. The molecule has 0 radical (unpaired) electrons. The number of esters is 1. The maximum absolute atomic E-state index is 12.1. The number of hydrogen-bond acceptors (Lipinski definition) is 6. The van der Waals surface area contributed by atoms with Crippen molar-refractivity contribution in [2.45, 2.75) is 26.8 Å². The summed E-state index contributed by atoms with van der Waals surface area (Å²) < 4.78 is 4.51. The van der Waals surface area contributed by atoms with Crippen LogP contribution < -0.4 is 10.6 Å². The van der Waals surface area contributed by atoms with Crippen LogP contribution in [-0.2, 0) is 14.3 Å². The summed E-state index contributed by atoms with van der Waals surface area (Å²) in [5.41, 5.74) is 0.655. The van der Waals surface area contributed by atoms with Crippen molar-refractivity contribution in [2.75, 3.05) is 12.4 Å². The van der Waals surface area contributed by atoms with Crippen molar-refractivity contribution in [2.24, 2.45) is 0 Å². The van der Waals surface area contributed by atoms with Crippen LogP contribution in [0.2, 0.25) is 0 Å². The standard InChI is InChI=1S/C15H19N3O5/c1-9(2)16-15(20)12(8-14(19)23-4)17-11-6-5-10(3)13(7-11)18(21)22/h5-9,17H,1-4H3,(H,16,20)/b12-8-. The average Bonchev–Trinajstić information content (AvgIpc) is 2.47. The van der Waals surface area contributed by atoms with E-state index in [9.17, 15) is 19.7 Å². The van der Waals surface area contributed by atoms with Crippen LogP contribution in [0.15, 0.2) is 30.0 Å². The van der Waals surface area contributed by atoms with Crippen LogP contribution in [0.5, 0.6) is 0 Å². The van der Waals surface area contributed by atoms with E-state index in [1.807, 2.05) is 0 Å². The molecule has 0 aliphatic rings. The number of ether oxygens (including phenoxy) is 1. The predicted molar refractivity (Wildman–Crippen MR) is 84.8 cm³/mol. The molecule has 0 atom stereocenters. The van der Waals surface area contributed by atoms with Gasteiger partial charge in [-0.25, -0.2) is 4.79 Å². The van der Waals surface area contributed by atoms with Crippen molar-refractivity contribution in [3.8, 4) is 0 Å². The van der Waals surface area contributed by atoms with E-state index in [-0.39, 0.29) is 17.4 Å². The molecule has 1 aromatic carbocycles. The van der Waals surface area contributed by atoms with Gasteiger partial charge in [-0.05, 0) is 26.8 Å². The molecule has 0 aliphatic heterocycles. The fourth-order valence-electron chi connectivity index (χ4n) is 1.71. The topological polar surface area (TPSA) is 111 Å². The molecule has 0 unspecified atom stereocenters. The van der Waals surface area contributed by atoms with Gasteiger partial charge in [0.2, 0.25) is 0 Å². The summed E-state index contributed by atoms with van der Waals surface area (Å²) in [6.45, 7) is 5.15. The first kappa shape index (κ1) is 18.1. The van der Waals surface area contributed by atoms with Crippen LogP contribution in [0, 0.1) is 17.0 Å². The van der Waals surface area contributed by atoms with Crippen molar-refractivity contribution >= 4 is 23.3 Å². The second-order valence-corrected chi connectivity index (χ2v) is 5.09. The highest BCUT2D eigenvalue weighted by molar-refractivity contribution is 6.01. The van der Waals surface area contributed by atoms with Gasteiger partial charge < -0.3 is 15.4 Å². The van der Waals surface area contributed by atoms with Gasteiger partial charge in [-0.1, -0.05) is 6.07 Å². The van der Waals surface area contributed by atoms with Gasteiger partial charge >= 0.3 is 5.97 Å². The van der Waals surface area contributed by atoms with Gasteiger partial charge in [0, 0.05) is 23.4 Å². The Hall–Kier alpha value is -2.90. The Morgan fingerprint density at radius 2 is 2.00 bits per heavy atom. The first-order valence-corrected chi connectivity index (χ1v) is 6.87. The highest BCUT2D eigenvalue weighted by Gasteiger charge is 2.16. The molecule has 0 fully saturated rings. The SMILES string of the molecule is COC(=O)/C=C(\Nc1ccc(C)c([N+](=O)[O-])c1)C(=O)NC(C)C. The zero-order valence-corrected chi connectivity index (χ0v) is 13.4. The van der Waals surface area contributed by atoms with Gasteiger partial charge in [-0.3, -0.25) is 14.9 Å². The number of nitrogens with one attached hydrogen (secondary N) is 2. The minimum absolute atomic E-state index is 0.0660. The number of carbonyl (C=O) groups excluding carboxylic acids is 2. The maximum atomic E-state index is 12.1. The number of methoxy groups -OCH3 is 1. The Labute approximate surface area is 133 Å². The Morgan fingerprint density at radius 1 is 1.35 bits per heavy atom. The summed E-state index contributed by atoms with van der Waals surface area (Å²) in [5.74, 6) is -1.23. The number of amides is 1. The van der Waals surface area contributed by atoms with Gasteiger partial charge in [0.15, 0.2) is 0 Å². The van der Waals surface area contributed by atoms with Crippen LogP contribution in [0.4, 0.5) is 11.4 Å². The number of benzene rings is 1. The summed E-state index contributed by atoms with van der Waals surface area (Å²) in [5, 5.41) is 16.3. The quantitative estimate of drug-likeness (QED) is 0.358. The first-order valence-electron chi connectivity index (χ1n) is 6.87. The van der Waals surface area contributed by atoms with E-state index in [0.29, 0.717) is 11.3 Å². The minimum atomic E-state index is -0.715. The van der Waals surface area contributed by atoms with Crippen LogP contribution in [-0.4, -0.2) is 30.0 Å². The third kappa shape index (κ3) is 5.42. The zero-order chi connectivity index (χ0) is 17.6. The Morgan fingerprint density at radius 3 is 2.52 bits per heavy atom. The number of anilines is 1. The number of nitro benzene ring substituents is 1. The lowest BCUT2D eigenvalue weighted by Crippen LogP contribution is -2.34. The molecule has 0 spiro atoms.